The van der Waals surface area contributed by atoms with E-state index < -0.39 is 6.03 Å². The molecule has 3 amide bonds. The number of amides is 3. The molecule has 1 atom stereocenters. The van der Waals surface area contributed by atoms with Gasteiger partial charge in [-0.3, -0.25) is 14.9 Å². The molecule has 1 saturated heterocycles. The Kier molecular flexibility index (Phi) is 9.60. The Morgan fingerprint density at radius 1 is 1.07 bits per heavy atom. The highest BCUT2D eigenvalue weighted by molar-refractivity contribution is 6.44. The Balaban J connectivity index is 1.54. The van der Waals surface area contributed by atoms with Crippen LogP contribution in [0.2, 0.25) is 10.0 Å². The summed E-state index contributed by atoms with van der Waals surface area (Å²) in [5, 5.41) is 10.9. The minimum Gasteiger partial charge on any atom is -0.466 e. The zero-order valence-corrected chi connectivity index (χ0v) is 25.2. The summed E-state index contributed by atoms with van der Waals surface area (Å²) in [6.45, 7) is 9.19. The van der Waals surface area contributed by atoms with Crippen molar-refractivity contribution in [1.82, 2.24) is 14.7 Å². The number of anilines is 2. The molecule has 2 heterocycles. The predicted octanol–water partition coefficient (Wildman–Crippen LogP) is 6.46. The first kappa shape index (κ1) is 30.4. The number of hydrogen-bond donors (Lipinski definition) is 2. The summed E-state index contributed by atoms with van der Waals surface area (Å²) in [7, 11) is 0. The Labute approximate surface area is 250 Å². The second kappa shape index (κ2) is 13.0. The molecule has 1 aliphatic rings. The van der Waals surface area contributed by atoms with Gasteiger partial charge in [0.15, 0.2) is 0 Å². The highest BCUT2D eigenvalue weighted by Gasteiger charge is 2.29. The molecule has 2 N–H and O–H groups in total. The number of likely N-dealkylation sites (tertiary alicyclic amines) is 1. The summed E-state index contributed by atoms with van der Waals surface area (Å²) in [5.41, 5.74) is 2.34. The normalized spacial score (nSPS) is 15.4. The number of rotatable bonds is 7. The molecule has 1 aromatic heterocycles. The van der Waals surface area contributed by atoms with Crippen molar-refractivity contribution in [1.29, 1.82) is 0 Å². The van der Waals surface area contributed by atoms with Gasteiger partial charge in [0, 0.05) is 24.6 Å². The lowest BCUT2D eigenvalue weighted by atomic mass is 9.92. The van der Waals surface area contributed by atoms with Crippen molar-refractivity contribution in [2.75, 3.05) is 30.3 Å². The monoisotopic (exact) mass is 599 g/mol. The van der Waals surface area contributed by atoms with E-state index in [2.05, 4.69) is 10.6 Å². The van der Waals surface area contributed by atoms with Crippen molar-refractivity contribution in [2.24, 2.45) is 5.92 Å². The van der Waals surface area contributed by atoms with Crippen molar-refractivity contribution in [3.8, 4) is 5.69 Å². The fraction of sp³-hybridized carbons (Fsp3) is 0.400. The number of carbonyl (C=O) groups is 3. The van der Waals surface area contributed by atoms with Gasteiger partial charge in [0.2, 0.25) is 5.91 Å². The van der Waals surface area contributed by atoms with Crippen LogP contribution in [0.4, 0.5) is 16.3 Å². The van der Waals surface area contributed by atoms with Crippen LogP contribution in [-0.2, 0) is 26.2 Å². The van der Waals surface area contributed by atoms with E-state index in [9.17, 15) is 14.4 Å². The highest BCUT2D eigenvalue weighted by atomic mass is 35.5. The predicted molar refractivity (Wildman–Crippen MR) is 161 cm³/mol. The minimum absolute atomic E-state index is 0.0527. The van der Waals surface area contributed by atoms with Crippen LogP contribution in [0, 0.1) is 5.92 Å². The molecular weight excluding hydrogens is 565 g/mol. The van der Waals surface area contributed by atoms with Gasteiger partial charge in [0.1, 0.15) is 5.82 Å². The van der Waals surface area contributed by atoms with E-state index in [1.165, 1.54) is 0 Å². The lowest BCUT2D eigenvalue weighted by Gasteiger charge is -2.31. The van der Waals surface area contributed by atoms with Crippen LogP contribution in [0.25, 0.3) is 5.69 Å². The maximum absolute atomic E-state index is 13.2. The molecule has 218 valence electrons. The first-order valence-electron chi connectivity index (χ1n) is 13.6. The lowest BCUT2D eigenvalue weighted by Crippen LogP contribution is -2.43. The largest absolute Gasteiger partial charge is 0.466 e. The second-order valence-electron chi connectivity index (χ2n) is 11.0. The zero-order valence-electron chi connectivity index (χ0n) is 23.7. The van der Waals surface area contributed by atoms with Crippen molar-refractivity contribution in [3.05, 3.63) is 69.8 Å². The average molecular weight is 601 g/mol. The molecule has 0 aliphatic carbocycles. The third-order valence-electron chi connectivity index (χ3n) is 6.82. The summed E-state index contributed by atoms with van der Waals surface area (Å²) in [4.78, 5) is 40.1. The van der Waals surface area contributed by atoms with Gasteiger partial charge in [-0.15, -0.1) is 0 Å². The molecule has 0 spiro atoms. The summed E-state index contributed by atoms with van der Waals surface area (Å²) < 4.78 is 6.81. The molecule has 41 heavy (non-hydrogen) atoms. The zero-order chi connectivity index (χ0) is 29.7. The van der Waals surface area contributed by atoms with Gasteiger partial charge in [0.05, 0.1) is 46.1 Å². The quantitative estimate of drug-likeness (QED) is 0.303. The highest BCUT2D eigenvalue weighted by Crippen LogP contribution is 2.30. The summed E-state index contributed by atoms with van der Waals surface area (Å²) in [6.07, 6.45) is 1.66. The Morgan fingerprint density at radius 3 is 2.56 bits per heavy atom. The van der Waals surface area contributed by atoms with Crippen LogP contribution in [-0.4, -0.2) is 52.3 Å². The molecule has 0 saturated carbocycles. The van der Waals surface area contributed by atoms with Gasteiger partial charge in [0.25, 0.3) is 0 Å². The van der Waals surface area contributed by atoms with Crippen LogP contribution in [0.1, 0.15) is 51.8 Å². The topological polar surface area (TPSA) is 106 Å². The maximum atomic E-state index is 13.2. The first-order chi connectivity index (χ1) is 19.5. The molecule has 2 aromatic carbocycles. The molecule has 0 bridgehead atoms. The molecule has 3 aromatic rings. The fourth-order valence-electron chi connectivity index (χ4n) is 4.64. The first-order valence-corrected chi connectivity index (χ1v) is 14.4. The third kappa shape index (κ3) is 7.59. The molecule has 11 heteroatoms. The van der Waals surface area contributed by atoms with Gasteiger partial charge in [-0.2, -0.15) is 5.10 Å². The minimum atomic E-state index is -0.511. The number of benzene rings is 2. The SMILES string of the molecule is CCOC(=O)C1CCCN(C(=O)Cc2cccc(-n3nc(C(C)(C)C)cc3NC(=O)Nc3cccc(Cl)c3Cl)c2)C1. The number of hydrogen-bond acceptors (Lipinski definition) is 5. The molecule has 1 fully saturated rings. The molecule has 4 rings (SSSR count). The molecule has 1 unspecified atom stereocenters. The Hall–Kier alpha value is -3.56. The standard InChI is InChI=1S/C30H35Cl2N5O4/c1-5-41-28(39)20-10-8-14-36(18-20)26(38)16-19-9-6-11-21(15-19)37-25(17-24(35-37)30(2,3)4)34-29(40)33-23-13-7-12-22(31)27(23)32/h6-7,9,11-13,15,17,20H,5,8,10,14,16,18H2,1-4H3,(H2,33,34,40). The maximum Gasteiger partial charge on any atom is 0.324 e. The van der Waals surface area contributed by atoms with Crippen molar-refractivity contribution >= 4 is 52.6 Å². The van der Waals surface area contributed by atoms with Gasteiger partial charge < -0.3 is 15.0 Å². The number of piperidine rings is 1. The summed E-state index contributed by atoms with van der Waals surface area (Å²) in [6, 6.07) is 13.8. The van der Waals surface area contributed by atoms with E-state index in [0.29, 0.717) is 41.9 Å². The lowest BCUT2D eigenvalue weighted by molar-refractivity contribution is -0.151. The van der Waals surface area contributed by atoms with Gasteiger partial charge >= 0.3 is 12.0 Å². The van der Waals surface area contributed by atoms with E-state index in [1.54, 1.807) is 34.7 Å². The van der Waals surface area contributed by atoms with Crippen LogP contribution in [0.5, 0.6) is 0 Å². The number of esters is 1. The number of ether oxygens (including phenoxy) is 1. The molecular formula is C30H35Cl2N5O4. The van der Waals surface area contributed by atoms with Crippen LogP contribution in [0.3, 0.4) is 0 Å². The van der Waals surface area contributed by atoms with E-state index in [1.807, 2.05) is 51.1 Å². The molecule has 0 radical (unpaired) electrons. The number of urea groups is 1. The van der Waals surface area contributed by atoms with Crippen LogP contribution >= 0.6 is 23.2 Å². The van der Waals surface area contributed by atoms with Crippen LogP contribution in [0.15, 0.2) is 48.5 Å². The third-order valence-corrected chi connectivity index (χ3v) is 7.64. The molecule has 1 aliphatic heterocycles. The van der Waals surface area contributed by atoms with Crippen molar-refractivity contribution in [2.45, 2.75) is 52.4 Å². The van der Waals surface area contributed by atoms with E-state index >= 15 is 0 Å². The number of nitrogens with zero attached hydrogens (tertiary/aromatic N) is 3. The van der Waals surface area contributed by atoms with E-state index in [4.69, 9.17) is 33.0 Å². The van der Waals surface area contributed by atoms with Crippen molar-refractivity contribution < 1.29 is 19.1 Å². The molecule has 9 nitrogen and oxygen atoms in total. The summed E-state index contributed by atoms with van der Waals surface area (Å²) >= 11 is 12.3. The van der Waals surface area contributed by atoms with Gasteiger partial charge in [-0.05, 0) is 49.6 Å². The van der Waals surface area contributed by atoms with E-state index in [-0.39, 0.29) is 34.7 Å². The fourth-order valence-corrected chi connectivity index (χ4v) is 4.99. The Morgan fingerprint density at radius 2 is 1.83 bits per heavy atom. The van der Waals surface area contributed by atoms with Crippen LogP contribution < -0.4 is 10.6 Å². The average Bonchev–Trinajstić information content (AvgIpc) is 3.36. The Bertz CT molecular complexity index is 1430. The van der Waals surface area contributed by atoms with Crippen molar-refractivity contribution in [3.63, 3.8) is 0 Å². The van der Waals surface area contributed by atoms with E-state index in [0.717, 1.165) is 24.1 Å². The number of aromatic nitrogens is 2. The van der Waals surface area contributed by atoms with Gasteiger partial charge in [-0.1, -0.05) is 62.2 Å². The second-order valence-corrected chi connectivity index (χ2v) is 11.8. The number of carbonyl (C=O) groups excluding carboxylic acids is 3. The van der Waals surface area contributed by atoms with Gasteiger partial charge in [-0.25, -0.2) is 9.48 Å². The summed E-state index contributed by atoms with van der Waals surface area (Å²) in [5.74, 6) is -0.145. The number of halogens is 2. The smallest absolute Gasteiger partial charge is 0.324 e. The number of nitrogens with one attached hydrogen (secondary N) is 2.